The highest BCUT2D eigenvalue weighted by Gasteiger charge is 2.39. The zero-order chi connectivity index (χ0) is 75.8. The fourth-order valence-corrected chi connectivity index (χ4v) is 22.0. The first-order chi connectivity index (χ1) is 46.1. The fourth-order valence-electron chi connectivity index (χ4n) is 8.93. The van der Waals surface area contributed by atoms with Crippen LogP contribution in [0.3, 0.4) is 0 Å². The van der Waals surface area contributed by atoms with Crippen molar-refractivity contribution >= 4 is 274 Å². The van der Waals surface area contributed by atoms with Crippen LogP contribution in [0.1, 0.15) is 68.6 Å². The average Bonchev–Trinajstić information content (AvgIpc) is 0.774. The number of hydrogen-bond donors (Lipinski definition) is 19. The third kappa shape index (κ3) is 23.4. The van der Waals surface area contributed by atoms with E-state index in [-0.39, 0.29) is 95.5 Å². The molecule has 9 amide bonds. The third-order valence-electron chi connectivity index (χ3n) is 14.4. The highest BCUT2D eigenvalue weighted by molar-refractivity contribution is 14.1. The van der Waals surface area contributed by atoms with Gasteiger partial charge in [0.15, 0.2) is 18.3 Å². The summed E-state index contributed by atoms with van der Waals surface area (Å²) in [4.78, 5) is 135. The number of nitrogens with zero attached hydrogens (tertiary/aromatic N) is 6. The van der Waals surface area contributed by atoms with Crippen LogP contribution >= 0.6 is 203 Å². The molecule has 0 saturated heterocycles. The summed E-state index contributed by atoms with van der Waals surface area (Å²) in [5.41, 5.74) is -2.29. The number of hydrogen-bond acceptors (Lipinski definition) is 25. The van der Waals surface area contributed by atoms with Gasteiger partial charge in [-0.15, -0.1) is 0 Å². The molecular formula is C56H72I9N9O25. The van der Waals surface area contributed by atoms with Gasteiger partial charge >= 0.3 is 0 Å². The molecule has 0 saturated carbocycles. The van der Waals surface area contributed by atoms with Crippen molar-refractivity contribution in [2.24, 2.45) is 0 Å². The van der Waals surface area contributed by atoms with Crippen LogP contribution in [0.4, 0.5) is 17.1 Å². The van der Waals surface area contributed by atoms with Gasteiger partial charge in [0.05, 0.1) is 136 Å². The lowest BCUT2D eigenvalue weighted by Crippen LogP contribution is -2.45. The molecular weight excluding hydrogens is 2340 g/mol. The van der Waals surface area contributed by atoms with Crippen molar-refractivity contribution < 1.29 is 125 Å². The minimum Gasteiger partial charge on any atom is -0.394 e. The van der Waals surface area contributed by atoms with E-state index in [2.05, 4.69) is 16.0 Å². The van der Waals surface area contributed by atoms with E-state index in [4.69, 9.17) is 0 Å². The molecule has 99 heavy (non-hydrogen) atoms. The first-order valence-electron chi connectivity index (χ1n) is 28.7. The van der Waals surface area contributed by atoms with Crippen molar-refractivity contribution in [2.75, 3.05) is 137 Å². The maximum atomic E-state index is 15.7. The molecule has 0 fully saturated rings. The second-order valence-electron chi connectivity index (χ2n) is 22.0. The van der Waals surface area contributed by atoms with Crippen LogP contribution in [-0.2, 0) is 14.4 Å². The number of aliphatic hydroxyl groups is 16. The van der Waals surface area contributed by atoms with Gasteiger partial charge in [0, 0.05) is 91.8 Å². The molecule has 34 nitrogen and oxygen atoms in total. The largest absolute Gasteiger partial charge is 0.394 e. The number of likely N-dealkylation sites (N-methyl/N-ethyl adjacent to an activating group) is 4. The summed E-state index contributed by atoms with van der Waals surface area (Å²) in [6.45, 7) is -8.87. The number of nitrogens with one attached hydrogen (secondary N) is 3. The molecule has 0 spiro atoms. The van der Waals surface area contributed by atoms with Gasteiger partial charge in [-0.1, -0.05) is 0 Å². The predicted octanol–water partition coefficient (Wildman–Crippen LogP) is -2.90. The van der Waals surface area contributed by atoms with Crippen LogP contribution in [0.15, 0.2) is 0 Å². The van der Waals surface area contributed by atoms with Crippen LogP contribution in [0, 0.1) is 32.1 Å². The summed E-state index contributed by atoms with van der Waals surface area (Å²) < 4.78 is -0.357. The molecule has 3 rings (SSSR count). The number of carbonyl (C=O) groups excluding carboxylic acids is 9. The molecule has 0 heterocycles. The third-order valence-corrected chi connectivity index (χ3v) is 24.1. The minimum absolute atomic E-state index is 0.00296. The first-order valence-corrected chi connectivity index (χ1v) is 38.4. The van der Waals surface area contributed by atoms with Crippen LogP contribution < -0.4 is 16.0 Å². The fraction of sp³-hybridized carbons (Fsp3) is 0.518. The Morgan fingerprint density at radius 1 is 0.303 bits per heavy atom. The normalized spacial score (nSPS) is 14.5. The lowest BCUT2D eigenvalue weighted by atomic mass is 10.0. The lowest BCUT2D eigenvalue weighted by Gasteiger charge is -2.31. The molecule has 3 aromatic rings. The van der Waals surface area contributed by atoms with Gasteiger partial charge in [0.2, 0.25) is 0 Å². The number of aliphatic hydroxyl groups excluding tert-OH is 16. The van der Waals surface area contributed by atoms with Crippen LogP contribution in [-0.4, -0.2) is 346 Å². The second kappa shape index (κ2) is 42.4. The quantitative estimate of drug-likeness (QED) is 0.0263. The molecule has 0 aliphatic heterocycles. The van der Waals surface area contributed by atoms with Crippen molar-refractivity contribution in [1.29, 1.82) is 0 Å². The smallest absolute Gasteiger partial charge is 0.256 e. The van der Waals surface area contributed by atoms with E-state index >= 15 is 4.79 Å². The number of benzene rings is 3. The van der Waals surface area contributed by atoms with Crippen molar-refractivity contribution in [3.05, 3.63) is 65.5 Å². The Morgan fingerprint density at radius 2 is 0.525 bits per heavy atom. The highest BCUT2D eigenvalue weighted by Crippen LogP contribution is 2.41. The maximum absolute atomic E-state index is 15.7. The zero-order valence-corrected chi connectivity index (χ0v) is 72.0. The Kier molecular flexibility index (Phi) is 39.4. The number of carbonyl (C=O) groups is 9. The number of rotatable bonds is 35. The van der Waals surface area contributed by atoms with Gasteiger partial charge in [0.25, 0.3) is 53.2 Å². The Bertz CT molecular complexity index is 3480. The van der Waals surface area contributed by atoms with Gasteiger partial charge in [-0.25, -0.2) is 0 Å². The second-order valence-corrected chi connectivity index (χ2v) is 31.7. The molecule has 0 aliphatic rings. The van der Waals surface area contributed by atoms with Gasteiger partial charge in [0.1, 0.15) is 18.3 Å². The van der Waals surface area contributed by atoms with Crippen molar-refractivity contribution in [1.82, 2.24) is 29.4 Å². The van der Waals surface area contributed by atoms with E-state index in [9.17, 15) is 120 Å². The van der Waals surface area contributed by atoms with E-state index < -0.39 is 193 Å². The van der Waals surface area contributed by atoms with Crippen LogP contribution in [0.5, 0.6) is 0 Å². The first kappa shape index (κ1) is 92.0. The predicted molar refractivity (Wildman–Crippen MR) is 428 cm³/mol. The topological polar surface area (TPSA) is 533 Å². The molecule has 10 unspecified atom stereocenters. The summed E-state index contributed by atoms with van der Waals surface area (Å²) in [6.07, 6.45) is -19.0. The van der Waals surface area contributed by atoms with Crippen molar-refractivity contribution in [2.45, 2.75) is 67.5 Å². The Morgan fingerprint density at radius 3 is 0.758 bits per heavy atom. The molecule has 0 bridgehead atoms. The maximum Gasteiger partial charge on any atom is 0.256 e. The number of amides is 9. The summed E-state index contributed by atoms with van der Waals surface area (Å²) in [7, 11) is 6.35. The van der Waals surface area contributed by atoms with E-state index in [1.165, 1.54) is 35.2 Å². The van der Waals surface area contributed by atoms with E-state index in [0.29, 0.717) is 0 Å². The van der Waals surface area contributed by atoms with Gasteiger partial charge in [-0.05, 0) is 210 Å². The van der Waals surface area contributed by atoms with Crippen molar-refractivity contribution in [3.8, 4) is 0 Å². The summed E-state index contributed by atoms with van der Waals surface area (Å²) >= 11 is 15.2. The molecule has 3 aromatic carbocycles. The number of halogens is 9. The zero-order valence-electron chi connectivity index (χ0n) is 52.6. The standard InChI is InChI=1S/C56H72I9N9O25/c1-69(51(94)27-33(57)28(53(96)71(3)10-21(82)14-75)37(61)42(36(27)60)66-48(91)45(88)24(85)17-78)7-6-8-74(56(99)32-35(59)31(55(98)73(5)12-23(84)16-77)40(64)44(41(32)65)68-50(93)47(90)26(87)19-80)13-20(81)9-70(2)52(95)29-34(58)30(54(97)72(4)11-22(83)15-76)39(63)43(38(29)62)67-49(92)46(89)25(86)18-79/h20-26,45-47,75-90H,6-19H2,1-5H3,(H,66,91)(H,67,92)(H,68,93). The lowest BCUT2D eigenvalue weighted by molar-refractivity contribution is -0.131. The monoisotopic (exact) mass is 2410 g/mol. The highest BCUT2D eigenvalue weighted by atomic mass is 127. The Hall–Kier alpha value is -1.18. The molecule has 10 atom stereocenters. The summed E-state index contributed by atoms with van der Waals surface area (Å²) in [6, 6.07) is 0. The van der Waals surface area contributed by atoms with E-state index in [1.54, 1.807) is 203 Å². The average molecular weight is 2410 g/mol. The number of anilines is 3. The summed E-state index contributed by atoms with van der Waals surface area (Å²) in [5, 5.41) is 170. The minimum atomic E-state index is -2.28. The van der Waals surface area contributed by atoms with E-state index in [1.807, 2.05) is 0 Å². The Labute approximate surface area is 688 Å². The van der Waals surface area contributed by atoms with Crippen LogP contribution in [0.25, 0.3) is 0 Å². The molecule has 0 aliphatic carbocycles. The van der Waals surface area contributed by atoms with Crippen molar-refractivity contribution in [3.63, 3.8) is 0 Å². The van der Waals surface area contributed by atoms with Gasteiger partial charge in [-0.3, -0.25) is 43.2 Å². The molecule has 43 heteroatoms. The molecule has 554 valence electrons. The Balaban J connectivity index is 2.40. The molecule has 0 radical (unpaired) electrons. The summed E-state index contributed by atoms with van der Waals surface area (Å²) in [5.74, 6) is -9.16. The van der Waals surface area contributed by atoms with Crippen LogP contribution in [0.2, 0.25) is 0 Å². The molecule has 19 N–H and O–H groups in total. The SMILES string of the molecule is CN(CCCN(CC(O)CN(C)C(=O)c1c(I)c(NC(=O)C(O)C(O)CO)c(I)c(C(=O)N(C)CC(O)CO)c1I)C(=O)c1c(I)c(NC(=O)C(O)C(O)CO)c(I)c(C(=O)N(C)CC(O)CO)c1I)C(=O)c1c(I)c(NC(=O)C(O)C(O)CO)c(I)c(C(=O)N(C)CC(O)CO)c1I. The molecule has 0 aromatic heterocycles. The van der Waals surface area contributed by atoms with E-state index in [0.717, 1.165) is 29.4 Å². The van der Waals surface area contributed by atoms with Gasteiger partial charge < -0.3 is 127 Å². The van der Waals surface area contributed by atoms with Gasteiger partial charge in [-0.2, -0.15) is 0 Å².